The lowest BCUT2D eigenvalue weighted by Crippen LogP contribution is -2.48. The number of nitrogens with one attached hydrogen (secondary N) is 1. The van der Waals surface area contributed by atoms with Crippen LogP contribution in [0, 0.1) is 0 Å². The van der Waals surface area contributed by atoms with E-state index in [4.69, 9.17) is 4.74 Å². The van der Waals surface area contributed by atoms with E-state index < -0.39 is 29.8 Å². The van der Waals surface area contributed by atoms with Gasteiger partial charge in [-0.05, 0) is 32.9 Å². The minimum atomic E-state index is -1.31. The highest BCUT2D eigenvalue weighted by atomic mass is 79.9. The Labute approximate surface area is 160 Å². The third kappa shape index (κ3) is 5.52. The quantitative estimate of drug-likeness (QED) is 0.747. The van der Waals surface area contributed by atoms with Crippen LogP contribution in [0.3, 0.4) is 0 Å². The number of hydrogen-bond acceptors (Lipinski definition) is 4. The van der Waals surface area contributed by atoms with Crippen molar-refractivity contribution in [3.63, 3.8) is 0 Å². The number of carbonyl (C=O) groups is 3. The Morgan fingerprint density at radius 1 is 1.27 bits per heavy atom. The molecule has 8 heteroatoms. The van der Waals surface area contributed by atoms with E-state index in [9.17, 15) is 18.8 Å². The zero-order valence-electron chi connectivity index (χ0n) is 14.9. The average Bonchev–Trinajstić information content (AvgIpc) is 2.93. The number of ketones is 1. The lowest BCUT2D eigenvalue weighted by Gasteiger charge is -2.27. The van der Waals surface area contributed by atoms with E-state index in [-0.39, 0.29) is 25.3 Å². The van der Waals surface area contributed by atoms with Gasteiger partial charge in [-0.2, -0.15) is 0 Å². The molecular weight excluding hydrogens is 407 g/mol. The first-order valence-corrected chi connectivity index (χ1v) is 9.06. The van der Waals surface area contributed by atoms with E-state index in [2.05, 4.69) is 21.2 Å². The molecule has 0 radical (unpaired) electrons. The second-order valence-corrected chi connectivity index (χ2v) is 8.05. The number of ether oxygens (including phenoxy) is 1. The van der Waals surface area contributed by atoms with Gasteiger partial charge in [-0.15, -0.1) is 0 Å². The Morgan fingerprint density at radius 2 is 1.88 bits per heavy atom. The first kappa shape index (κ1) is 20.4. The summed E-state index contributed by atoms with van der Waals surface area (Å²) >= 11 is 3.28. The molecule has 0 spiro atoms. The fourth-order valence-corrected chi connectivity index (χ4v) is 2.84. The van der Waals surface area contributed by atoms with E-state index >= 15 is 0 Å². The maximum Gasteiger partial charge on any atom is 0.411 e. The molecule has 0 bridgehead atoms. The van der Waals surface area contributed by atoms with Crippen LogP contribution >= 0.6 is 15.9 Å². The number of likely N-dealkylation sites (tertiary alicyclic amines) is 1. The summed E-state index contributed by atoms with van der Waals surface area (Å²) in [6, 6.07) is 5.74. The van der Waals surface area contributed by atoms with Gasteiger partial charge in [0.15, 0.2) is 5.78 Å². The van der Waals surface area contributed by atoms with Crippen molar-refractivity contribution in [3.05, 3.63) is 34.3 Å². The van der Waals surface area contributed by atoms with Gasteiger partial charge < -0.3 is 10.1 Å². The molecule has 1 aliphatic rings. The van der Waals surface area contributed by atoms with Crippen LogP contribution < -0.4 is 5.32 Å². The van der Waals surface area contributed by atoms with Crippen LogP contribution in [0.5, 0.6) is 0 Å². The molecule has 1 fully saturated rings. The van der Waals surface area contributed by atoms with Crippen molar-refractivity contribution >= 4 is 33.7 Å². The highest BCUT2D eigenvalue weighted by Gasteiger charge is 2.41. The third-order valence-corrected chi connectivity index (χ3v) is 4.30. The normalized spacial score (nSPS) is 20.0. The topological polar surface area (TPSA) is 75.7 Å². The van der Waals surface area contributed by atoms with Crippen LogP contribution in [-0.2, 0) is 9.53 Å². The van der Waals surface area contributed by atoms with Gasteiger partial charge in [0, 0.05) is 16.5 Å². The highest BCUT2D eigenvalue weighted by Crippen LogP contribution is 2.23. The number of hydrogen-bond donors (Lipinski definition) is 1. The molecule has 142 valence electrons. The van der Waals surface area contributed by atoms with Gasteiger partial charge in [0.25, 0.3) is 0 Å². The smallest absolute Gasteiger partial charge is 0.411 e. The van der Waals surface area contributed by atoms with Crippen molar-refractivity contribution in [1.29, 1.82) is 0 Å². The summed E-state index contributed by atoms with van der Waals surface area (Å²) in [4.78, 5) is 37.8. The summed E-state index contributed by atoms with van der Waals surface area (Å²) < 4.78 is 19.8. The van der Waals surface area contributed by atoms with Crippen molar-refractivity contribution in [2.45, 2.75) is 45.0 Å². The largest absolute Gasteiger partial charge is 0.444 e. The Kier molecular flexibility index (Phi) is 6.39. The van der Waals surface area contributed by atoms with Crippen molar-refractivity contribution < 1.29 is 23.5 Å². The van der Waals surface area contributed by atoms with Crippen LogP contribution in [0.1, 0.15) is 37.6 Å². The second-order valence-electron chi connectivity index (χ2n) is 7.13. The van der Waals surface area contributed by atoms with Gasteiger partial charge in [0.05, 0.1) is 13.1 Å². The molecule has 1 N–H and O–H groups in total. The summed E-state index contributed by atoms with van der Waals surface area (Å²) in [7, 11) is 0. The molecule has 6 nitrogen and oxygen atoms in total. The predicted molar refractivity (Wildman–Crippen MR) is 97.7 cm³/mol. The van der Waals surface area contributed by atoms with Gasteiger partial charge in [-0.25, -0.2) is 9.18 Å². The molecule has 2 rings (SSSR count). The first-order valence-electron chi connectivity index (χ1n) is 8.27. The van der Waals surface area contributed by atoms with Crippen LogP contribution in [-0.4, -0.2) is 53.6 Å². The van der Waals surface area contributed by atoms with Crippen molar-refractivity contribution in [2.24, 2.45) is 0 Å². The molecule has 1 aromatic carbocycles. The number of alkyl halides is 1. The monoisotopic (exact) mass is 428 g/mol. The lowest BCUT2D eigenvalue weighted by atomic mass is 10.1. The third-order valence-electron chi connectivity index (χ3n) is 3.77. The maximum atomic E-state index is 13.8. The summed E-state index contributed by atoms with van der Waals surface area (Å²) in [5.41, 5.74) is -0.295. The van der Waals surface area contributed by atoms with Crippen molar-refractivity contribution in [1.82, 2.24) is 10.2 Å². The number of rotatable bonds is 4. The molecule has 0 saturated carbocycles. The molecular formula is C18H22BrFN2O4. The number of halogens is 2. The van der Waals surface area contributed by atoms with E-state index in [0.717, 1.165) is 9.37 Å². The summed E-state index contributed by atoms with van der Waals surface area (Å²) in [5.74, 6) is -0.842. The Morgan fingerprint density at radius 3 is 2.46 bits per heavy atom. The number of Topliss-reactive ketones (excluding diaryl/α,β-unsaturated/α-hetero) is 1. The van der Waals surface area contributed by atoms with Gasteiger partial charge in [-0.3, -0.25) is 14.5 Å². The second kappa shape index (κ2) is 8.16. The highest BCUT2D eigenvalue weighted by molar-refractivity contribution is 9.10. The standard InChI is InChI=1S/C18H22BrFN2O4/c1-18(2,3)26-17(25)22-10-13(20)8-14(22)16(24)21-9-15(23)11-4-6-12(19)7-5-11/h4-7,13-14H,8-10H2,1-3H3,(H,21,24)/t13-,14-/m0/s1. The molecule has 26 heavy (non-hydrogen) atoms. The minimum absolute atomic E-state index is 0.114. The first-order chi connectivity index (χ1) is 12.1. The van der Waals surface area contributed by atoms with Crippen molar-refractivity contribution in [3.8, 4) is 0 Å². The molecule has 1 aliphatic heterocycles. The van der Waals surface area contributed by atoms with Gasteiger partial charge >= 0.3 is 6.09 Å². The molecule has 1 heterocycles. The van der Waals surface area contributed by atoms with E-state index in [1.54, 1.807) is 45.0 Å². The van der Waals surface area contributed by atoms with Crippen LogP contribution in [0.15, 0.2) is 28.7 Å². The molecule has 2 amide bonds. The van der Waals surface area contributed by atoms with Gasteiger partial charge in [-0.1, -0.05) is 28.1 Å². The van der Waals surface area contributed by atoms with E-state index in [1.807, 2.05) is 0 Å². The van der Waals surface area contributed by atoms with E-state index in [1.165, 1.54) is 0 Å². The Bertz CT molecular complexity index is 687. The van der Waals surface area contributed by atoms with E-state index in [0.29, 0.717) is 5.56 Å². The van der Waals surface area contributed by atoms with Crippen molar-refractivity contribution in [2.75, 3.05) is 13.1 Å². The fourth-order valence-electron chi connectivity index (χ4n) is 2.58. The molecule has 0 aromatic heterocycles. The predicted octanol–water partition coefficient (Wildman–Crippen LogP) is 3.10. The molecule has 2 atom stereocenters. The Hall–Kier alpha value is -1.96. The molecule has 0 aliphatic carbocycles. The van der Waals surface area contributed by atoms with Gasteiger partial charge in [0.1, 0.15) is 17.8 Å². The fraction of sp³-hybridized carbons (Fsp3) is 0.500. The summed E-state index contributed by atoms with van der Waals surface area (Å²) in [5, 5.41) is 2.49. The molecule has 0 unspecified atom stereocenters. The minimum Gasteiger partial charge on any atom is -0.444 e. The van der Waals surface area contributed by atoms with Crippen LogP contribution in [0.4, 0.5) is 9.18 Å². The lowest BCUT2D eigenvalue weighted by molar-refractivity contribution is -0.125. The zero-order chi connectivity index (χ0) is 19.5. The maximum absolute atomic E-state index is 13.8. The molecule has 1 saturated heterocycles. The van der Waals surface area contributed by atoms with Crippen LogP contribution in [0.25, 0.3) is 0 Å². The number of nitrogens with zero attached hydrogens (tertiary/aromatic N) is 1. The van der Waals surface area contributed by atoms with Gasteiger partial charge in [0.2, 0.25) is 5.91 Å². The average molecular weight is 429 g/mol. The summed E-state index contributed by atoms with van der Waals surface area (Å²) in [6.07, 6.45) is -2.16. The molecule has 1 aromatic rings. The number of benzene rings is 1. The Balaban J connectivity index is 1.97. The SMILES string of the molecule is CC(C)(C)OC(=O)N1C[C@@H](F)C[C@H]1C(=O)NCC(=O)c1ccc(Br)cc1. The number of amides is 2. The van der Waals surface area contributed by atoms with Crippen LogP contribution in [0.2, 0.25) is 0 Å². The zero-order valence-corrected chi connectivity index (χ0v) is 16.5. The summed E-state index contributed by atoms with van der Waals surface area (Å²) in [6.45, 7) is 4.66. The number of carbonyl (C=O) groups excluding carboxylic acids is 3.